The highest BCUT2D eigenvalue weighted by molar-refractivity contribution is 9.10. The van der Waals surface area contributed by atoms with Gasteiger partial charge in [-0.3, -0.25) is 4.39 Å². The van der Waals surface area contributed by atoms with Crippen LogP contribution in [0.15, 0.2) is 28.7 Å². The molecule has 1 fully saturated rings. The van der Waals surface area contributed by atoms with Gasteiger partial charge in [0.25, 0.3) is 0 Å². The zero-order valence-corrected chi connectivity index (χ0v) is 10.7. The van der Waals surface area contributed by atoms with Crippen molar-refractivity contribution in [3.05, 3.63) is 34.3 Å². The molecule has 0 bridgehead atoms. The average molecular weight is 288 g/mol. The molecule has 1 aliphatic rings. The zero-order valence-electron chi connectivity index (χ0n) is 11.1. The molecule has 1 heterocycles. The van der Waals surface area contributed by atoms with E-state index in [1.807, 2.05) is 12.1 Å². The van der Waals surface area contributed by atoms with Crippen molar-refractivity contribution >= 4 is 15.9 Å². The van der Waals surface area contributed by atoms with Crippen molar-refractivity contribution in [3.63, 3.8) is 0 Å². The summed E-state index contributed by atoms with van der Waals surface area (Å²) in [6, 6.07) is 8.22. The van der Waals surface area contributed by atoms with E-state index >= 15 is 0 Å². The first-order valence-electron chi connectivity index (χ1n) is 6.57. The van der Waals surface area contributed by atoms with Crippen molar-refractivity contribution < 1.29 is 7.13 Å². The second kappa shape index (κ2) is 5.78. The summed E-state index contributed by atoms with van der Waals surface area (Å²) in [6.07, 6.45) is 0.938. The Labute approximate surface area is 108 Å². The van der Waals surface area contributed by atoms with Crippen LogP contribution in [-0.2, 0) is 6.42 Å². The molecule has 0 atom stereocenters. The summed E-state index contributed by atoms with van der Waals surface area (Å²) in [7, 11) is 0. The number of nitrogens with zero attached hydrogens (tertiary/aromatic N) is 1. The van der Waals surface area contributed by atoms with Crippen LogP contribution in [-0.4, -0.2) is 31.2 Å². The van der Waals surface area contributed by atoms with E-state index in [1.165, 1.54) is 5.56 Å². The number of hydrogen-bond acceptors (Lipinski definition) is 1. The van der Waals surface area contributed by atoms with Crippen LogP contribution >= 0.6 is 15.9 Å². The Morgan fingerprint density at radius 2 is 2.06 bits per heavy atom. The smallest absolute Gasteiger partial charge is 0.0906 e. The average Bonchev–Trinajstić information content (AvgIpc) is 2.25. The van der Waals surface area contributed by atoms with Crippen LogP contribution in [0, 0.1) is 5.92 Å². The van der Waals surface area contributed by atoms with E-state index < -0.39 is 13.2 Å². The van der Waals surface area contributed by atoms with E-state index in [4.69, 9.17) is 2.74 Å². The van der Waals surface area contributed by atoms with Gasteiger partial charge in [0.05, 0.1) is 6.67 Å². The summed E-state index contributed by atoms with van der Waals surface area (Å²) >= 11 is 3.40. The van der Waals surface area contributed by atoms with Crippen molar-refractivity contribution in [2.24, 2.45) is 5.92 Å². The molecule has 0 unspecified atom stereocenters. The number of hydrogen-bond donors (Lipinski definition) is 0. The van der Waals surface area contributed by atoms with Gasteiger partial charge in [-0.15, -0.1) is 0 Å². The summed E-state index contributed by atoms with van der Waals surface area (Å²) in [5.41, 5.74) is 1.27. The maximum absolute atomic E-state index is 12.2. The Bertz CT molecular complexity index is 390. The number of rotatable bonds is 5. The monoisotopic (exact) mass is 287 g/mol. The second-order valence-electron chi connectivity index (χ2n) is 4.20. The van der Waals surface area contributed by atoms with Crippen LogP contribution < -0.4 is 0 Å². The molecular formula is C13H17BrFN. The lowest BCUT2D eigenvalue weighted by atomic mass is 9.92. The largest absolute Gasteiger partial charge is 0.303 e. The normalized spacial score (nSPS) is 20.1. The van der Waals surface area contributed by atoms with Gasteiger partial charge in [0, 0.05) is 26.8 Å². The van der Waals surface area contributed by atoms with Crippen molar-refractivity contribution in [1.82, 2.24) is 4.90 Å². The molecule has 0 N–H and O–H groups in total. The molecule has 1 nitrogen and oxygen atoms in total. The Balaban J connectivity index is 1.81. The standard InChI is InChI=1S/C13H17BrFN/c14-13-4-2-11(3-5-13)8-12-9-16(10-12)7-1-6-15/h2-5,12H,1,6-10H2/i7D2. The molecule has 0 saturated carbocycles. The lowest BCUT2D eigenvalue weighted by Crippen LogP contribution is -2.47. The summed E-state index contributed by atoms with van der Waals surface area (Å²) in [6.45, 7) is -0.627. The molecule has 1 saturated heterocycles. The molecule has 16 heavy (non-hydrogen) atoms. The van der Waals surface area contributed by atoms with Crippen LogP contribution in [0.4, 0.5) is 4.39 Å². The quantitative estimate of drug-likeness (QED) is 0.803. The van der Waals surface area contributed by atoms with Gasteiger partial charge in [-0.25, -0.2) is 0 Å². The molecule has 0 spiro atoms. The number of likely N-dealkylation sites (tertiary alicyclic amines) is 1. The summed E-state index contributed by atoms with van der Waals surface area (Å²) in [4.78, 5) is 1.73. The zero-order chi connectivity index (χ0) is 13.2. The molecule has 0 amide bonds. The highest BCUT2D eigenvalue weighted by atomic mass is 79.9. The lowest BCUT2D eigenvalue weighted by Gasteiger charge is -2.39. The topological polar surface area (TPSA) is 3.24 Å². The lowest BCUT2D eigenvalue weighted by molar-refractivity contribution is 0.0968. The van der Waals surface area contributed by atoms with E-state index in [9.17, 15) is 4.39 Å². The summed E-state index contributed by atoms with van der Waals surface area (Å²) in [5, 5.41) is 0. The van der Waals surface area contributed by atoms with Crippen LogP contribution in [0.3, 0.4) is 0 Å². The molecule has 3 heteroatoms. The van der Waals surface area contributed by atoms with Crippen LogP contribution in [0.5, 0.6) is 0 Å². The number of benzene rings is 1. The van der Waals surface area contributed by atoms with E-state index in [-0.39, 0.29) is 6.42 Å². The highest BCUT2D eigenvalue weighted by Crippen LogP contribution is 2.21. The Morgan fingerprint density at radius 1 is 1.38 bits per heavy atom. The molecule has 1 aromatic carbocycles. The van der Waals surface area contributed by atoms with E-state index in [0.717, 1.165) is 24.0 Å². The molecule has 1 aromatic rings. The molecule has 0 aliphatic carbocycles. The van der Waals surface area contributed by atoms with Crippen LogP contribution in [0.1, 0.15) is 14.7 Å². The summed E-state index contributed by atoms with van der Waals surface area (Å²) in [5.74, 6) is 0.487. The maximum Gasteiger partial charge on any atom is 0.0906 e. The second-order valence-corrected chi connectivity index (χ2v) is 5.11. The van der Waals surface area contributed by atoms with E-state index in [0.29, 0.717) is 5.92 Å². The third-order valence-electron chi connectivity index (χ3n) is 2.82. The molecule has 0 radical (unpaired) electrons. The van der Waals surface area contributed by atoms with E-state index in [2.05, 4.69) is 28.1 Å². The third kappa shape index (κ3) is 3.29. The Morgan fingerprint density at radius 3 is 2.69 bits per heavy atom. The van der Waals surface area contributed by atoms with Crippen molar-refractivity contribution in [2.45, 2.75) is 12.8 Å². The van der Waals surface area contributed by atoms with Gasteiger partial charge >= 0.3 is 0 Å². The first kappa shape index (κ1) is 9.60. The van der Waals surface area contributed by atoms with Gasteiger partial charge in [0.15, 0.2) is 0 Å². The first-order chi connectivity index (χ1) is 8.51. The predicted molar refractivity (Wildman–Crippen MR) is 68.4 cm³/mol. The van der Waals surface area contributed by atoms with Crippen molar-refractivity contribution in [3.8, 4) is 0 Å². The fraction of sp³-hybridized carbons (Fsp3) is 0.538. The third-order valence-corrected chi connectivity index (χ3v) is 3.35. The van der Waals surface area contributed by atoms with Crippen molar-refractivity contribution in [2.75, 3.05) is 26.3 Å². The van der Waals surface area contributed by atoms with E-state index in [1.54, 1.807) is 4.90 Å². The minimum absolute atomic E-state index is 0.0298. The van der Waals surface area contributed by atoms with Gasteiger partial charge < -0.3 is 4.90 Å². The maximum atomic E-state index is 12.2. The first-order valence-corrected chi connectivity index (χ1v) is 6.36. The van der Waals surface area contributed by atoms with Crippen LogP contribution in [0.25, 0.3) is 0 Å². The summed E-state index contributed by atoms with van der Waals surface area (Å²) < 4.78 is 28.7. The fourth-order valence-corrected chi connectivity index (χ4v) is 2.25. The minimum atomic E-state index is -1.48. The predicted octanol–water partition coefficient (Wildman–Crippen LogP) is 3.28. The minimum Gasteiger partial charge on any atom is -0.303 e. The van der Waals surface area contributed by atoms with Gasteiger partial charge in [0.2, 0.25) is 0 Å². The number of alkyl halides is 1. The molecular weight excluding hydrogens is 269 g/mol. The number of halogens is 2. The van der Waals surface area contributed by atoms with Crippen LogP contribution in [0.2, 0.25) is 0 Å². The SMILES string of the molecule is [2H]C([2H])(CCF)N1CC(Cc2ccc(Br)cc2)C1. The fourth-order valence-electron chi connectivity index (χ4n) is 1.98. The molecule has 88 valence electrons. The Kier molecular flexibility index (Phi) is 3.47. The molecule has 2 rings (SSSR count). The van der Waals surface area contributed by atoms with Gasteiger partial charge in [-0.1, -0.05) is 28.1 Å². The Hall–Kier alpha value is -0.410. The van der Waals surface area contributed by atoms with Crippen molar-refractivity contribution in [1.29, 1.82) is 0 Å². The van der Waals surface area contributed by atoms with Gasteiger partial charge in [-0.2, -0.15) is 0 Å². The van der Waals surface area contributed by atoms with Gasteiger partial charge in [0.1, 0.15) is 0 Å². The molecule has 1 aliphatic heterocycles. The molecule has 0 aromatic heterocycles. The van der Waals surface area contributed by atoms with Gasteiger partial charge in [-0.05, 0) is 36.5 Å². The highest BCUT2D eigenvalue weighted by Gasteiger charge is 2.25.